The van der Waals surface area contributed by atoms with Crippen LogP contribution >= 0.6 is 23.1 Å². The highest BCUT2D eigenvalue weighted by atomic mass is 32.2. The summed E-state index contributed by atoms with van der Waals surface area (Å²) in [6.07, 6.45) is 2.27. The van der Waals surface area contributed by atoms with Gasteiger partial charge in [0.2, 0.25) is 0 Å². The molecular weight excluding hydrogens is 260 g/mol. The number of thioether (sulfide) groups is 1. The van der Waals surface area contributed by atoms with Gasteiger partial charge < -0.3 is 5.32 Å². The molecule has 0 aliphatic carbocycles. The molecule has 100 valence electrons. The SMILES string of the molecule is Cc1ccc(CC(C)NC2=NC(C)CC(C)S2)s1. The molecule has 1 N–H and O–H groups in total. The van der Waals surface area contributed by atoms with Crippen LogP contribution in [-0.4, -0.2) is 22.5 Å². The fourth-order valence-electron chi connectivity index (χ4n) is 2.23. The lowest BCUT2D eigenvalue weighted by molar-refractivity contribution is 0.632. The van der Waals surface area contributed by atoms with E-state index < -0.39 is 0 Å². The van der Waals surface area contributed by atoms with Crippen molar-refractivity contribution in [3.05, 3.63) is 21.9 Å². The second-order valence-corrected chi connectivity index (χ2v) is 8.01. The van der Waals surface area contributed by atoms with Crippen molar-refractivity contribution in [1.82, 2.24) is 5.32 Å². The Labute approximate surface area is 118 Å². The standard InChI is InChI=1S/C14H22N2S2/c1-9-7-12(4)18-14(15-9)16-10(2)8-13-6-5-11(3)17-13/h5-6,9-10,12H,7-8H2,1-4H3,(H,15,16). The molecular formula is C14H22N2S2. The van der Waals surface area contributed by atoms with Crippen molar-refractivity contribution in [2.24, 2.45) is 4.99 Å². The Bertz CT molecular complexity index is 425. The molecule has 0 fully saturated rings. The second kappa shape index (κ2) is 6.11. The summed E-state index contributed by atoms with van der Waals surface area (Å²) in [4.78, 5) is 7.54. The van der Waals surface area contributed by atoms with Gasteiger partial charge in [-0.25, -0.2) is 0 Å². The first-order chi connectivity index (χ1) is 8.52. The molecule has 0 radical (unpaired) electrons. The molecule has 3 unspecified atom stereocenters. The summed E-state index contributed by atoms with van der Waals surface area (Å²) in [5.74, 6) is 0. The first-order valence-electron chi connectivity index (χ1n) is 6.59. The normalized spacial score (nSPS) is 25.7. The summed E-state index contributed by atoms with van der Waals surface area (Å²) in [7, 11) is 0. The second-order valence-electron chi connectivity index (χ2n) is 5.21. The van der Waals surface area contributed by atoms with Crippen molar-refractivity contribution in [3.8, 4) is 0 Å². The number of thiophene rings is 1. The van der Waals surface area contributed by atoms with Gasteiger partial charge in [-0.2, -0.15) is 0 Å². The maximum absolute atomic E-state index is 4.69. The van der Waals surface area contributed by atoms with Gasteiger partial charge in [0.1, 0.15) is 0 Å². The van der Waals surface area contributed by atoms with Gasteiger partial charge in [0, 0.05) is 27.5 Å². The van der Waals surface area contributed by atoms with Crippen molar-refractivity contribution in [3.63, 3.8) is 0 Å². The lowest BCUT2D eigenvalue weighted by Gasteiger charge is -2.25. The molecule has 0 saturated heterocycles. The van der Waals surface area contributed by atoms with Crippen LogP contribution < -0.4 is 5.32 Å². The lowest BCUT2D eigenvalue weighted by atomic mass is 10.2. The van der Waals surface area contributed by atoms with Gasteiger partial charge in [-0.3, -0.25) is 4.99 Å². The average Bonchev–Trinajstić information content (AvgIpc) is 2.61. The van der Waals surface area contributed by atoms with Gasteiger partial charge in [0.15, 0.2) is 5.17 Å². The average molecular weight is 282 g/mol. The van der Waals surface area contributed by atoms with E-state index in [9.17, 15) is 0 Å². The van der Waals surface area contributed by atoms with E-state index >= 15 is 0 Å². The van der Waals surface area contributed by atoms with Crippen molar-refractivity contribution < 1.29 is 0 Å². The third-order valence-electron chi connectivity index (χ3n) is 3.00. The van der Waals surface area contributed by atoms with E-state index in [-0.39, 0.29) is 0 Å². The third-order valence-corrected chi connectivity index (χ3v) is 5.06. The first-order valence-corrected chi connectivity index (χ1v) is 8.29. The maximum Gasteiger partial charge on any atom is 0.157 e. The van der Waals surface area contributed by atoms with Crippen LogP contribution in [0.5, 0.6) is 0 Å². The number of amidine groups is 1. The molecule has 18 heavy (non-hydrogen) atoms. The molecule has 1 aliphatic rings. The van der Waals surface area contributed by atoms with Crippen LogP contribution in [0.4, 0.5) is 0 Å². The zero-order valence-corrected chi connectivity index (χ0v) is 13.2. The Morgan fingerprint density at radius 1 is 1.44 bits per heavy atom. The molecule has 0 amide bonds. The van der Waals surface area contributed by atoms with Gasteiger partial charge in [-0.1, -0.05) is 18.7 Å². The number of hydrogen-bond acceptors (Lipinski definition) is 4. The maximum atomic E-state index is 4.69. The number of nitrogens with zero attached hydrogens (tertiary/aromatic N) is 1. The lowest BCUT2D eigenvalue weighted by Crippen LogP contribution is -2.36. The summed E-state index contributed by atoms with van der Waals surface area (Å²) < 4.78 is 0. The number of aryl methyl sites for hydroxylation is 1. The predicted octanol–water partition coefficient (Wildman–Crippen LogP) is 3.85. The molecule has 1 aromatic heterocycles. The molecule has 3 atom stereocenters. The number of nitrogens with one attached hydrogen (secondary N) is 1. The largest absolute Gasteiger partial charge is 0.362 e. The van der Waals surface area contributed by atoms with E-state index in [1.54, 1.807) is 0 Å². The zero-order valence-electron chi connectivity index (χ0n) is 11.6. The summed E-state index contributed by atoms with van der Waals surface area (Å²) in [6.45, 7) is 8.88. The molecule has 0 spiro atoms. The Hall–Kier alpha value is -0.480. The minimum Gasteiger partial charge on any atom is -0.362 e. The number of rotatable bonds is 3. The van der Waals surface area contributed by atoms with E-state index in [1.807, 2.05) is 23.1 Å². The molecule has 2 rings (SSSR count). The van der Waals surface area contributed by atoms with Crippen molar-refractivity contribution >= 4 is 28.3 Å². The molecule has 2 nitrogen and oxygen atoms in total. The summed E-state index contributed by atoms with van der Waals surface area (Å²) in [5, 5.41) is 5.36. The monoisotopic (exact) mass is 282 g/mol. The molecule has 1 aliphatic heterocycles. The highest BCUT2D eigenvalue weighted by Crippen LogP contribution is 2.24. The van der Waals surface area contributed by atoms with Crippen molar-refractivity contribution in [1.29, 1.82) is 0 Å². The van der Waals surface area contributed by atoms with E-state index in [2.05, 4.69) is 45.1 Å². The summed E-state index contributed by atoms with van der Waals surface area (Å²) in [6, 6.07) is 5.34. The van der Waals surface area contributed by atoms with Crippen molar-refractivity contribution in [2.45, 2.75) is 57.9 Å². The van der Waals surface area contributed by atoms with Crippen LogP contribution in [0.15, 0.2) is 17.1 Å². The van der Waals surface area contributed by atoms with E-state index in [4.69, 9.17) is 4.99 Å². The van der Waals surface area contributed by atoms with Crippen LogP contribution in [0.25, 0.3) is 0 Å². The smallest absolute Gasteiger partial charge is 0.157 e. The van der Waals surface area contributed by atoms with E-state index in [0.29, 0.717) is 17.3 Å². The molecule has 1 aromatic rings. The van der Waals surface area contributed by atoms with Crippen LogP contribution in [0.2, 0.25) is 0 Å². The highest BCUT2D eigenvalue weighted by molar-refractivity contribution is 8.14. The zero-order chi connectivity index (χ0) is 13.1. The molecule has 0 saturated carbocycles. The molecule has 4 heteroatoms. The molecule has 2 heterocycles. The van der Waals surface area contributed by atoms with Crippen LogP contribution in [-0.2, 0) is 6.42 Å². The van der Waals surface area contributed by atoms with Gasteiger partial charge in [0.25, 0.3) is 0 Å². The van der Waals surface area contributed by atoms with Crippen LogP contribution in [0.3, 0.4) is 0 Å². The summed E-state index contributed by atoms with van der Waals surface area (Å²) in [5.41, 5.74) is 0. The first kappa shape index (κ1) is 13.9. The Morgan fingerprint density at radius 2 is 2.22 bits per heavy atom. The molecule has 0 bridgehead atoms. The van der Waals surface area contributed by atoms with Gasteiger partial charge in [0.05, 0.1) is 6.04 Å². The van der Waals surface area contributed by atoms with Gasteiger partial charge in [-0.05, 0) is 39.3 Å². The summed E-state index contributed by atoms with van der Waals surface area (Å²) >= 11 is 3.77. The number of aliphatic imine (C=N–C) groups is 1. The predicted molar refractivity (Wildman–Crippen MR) is 83.9 cm³/mol. The third kappa shape index (κ3) is 4.02. The Morgan fingerprint density at radius 3 is 2.83 bits per heavy atom. The van der Waals surface area contributed by atoms with Crippen LogP contribution in [0, 0.1) is 6.92 Å². The van der Waals surface area contributed by atoms with Gasteiger partial charge >= 0.3 is 0 Å². The minimum atomic E-state index is 0.451. The fraction of sp³-hybridized carbons (Fsp3) is 0.643. The molecule has 0 aromatic carbocycles. The van der Waals surface area contributed by atoms with E-state index in [0.717, 1.165) is 11.6 Å². The van der Waals surface area contributed by atoms with Gasteiger partial charge in [-0.15, -0.1) is 11.3 Å². The van der Waals surface area contributed by atoms with E-state index in [1.165, 1.54) is 16.2 Å². The topological polar surface area (TPSA) is 24.4 Å². The minimum absolute atomic E-state index is 0.451. The quantitative estimate of drug-likeness (QED) is 0.910. The highest BCUT2D eigenvalue weighted by Gasteiger charge is 2.19. The van der Waals surface area contributed by atoms with Crippen LogP contribution in [0.1, 0.15) is 36.9 Å². The number of hydrogen-bond donors (Lipinski definition) is 1. The fourth-order valence-corrected chi connectivity index (χ4v) is 4.52. The Kier molecular flexibility index (Phi) is 4.73. The Balaban J connectivity index is 1.89. The van der Waals surface area contributed by atoms with Crippen molar-refractivity contribution in [2.75, 3.05) is 0 Å².